The fraction of sp³-hybridized carbons (Fsp3) is 0.292. The molecule has 0 aliphatic carbocycles. The zero-order valence-electron chi connectivity index (χ0n) is 16.9. The molecule has 0 radical (unpaired) electrons. The molecule has 0 unspecified atom stereocenters. The van der Waals surface area contributed by atoms with Gasteiger partial charge in [-0.05, 0) is 34.7 Å². The molecule has 0 atom stereocenters. The Labute approximate surface area is 186 Å². The van der Waals surface area contributed by atoms with Crippen molar-refractivity contribution >= 4 is 29.0 Å². The highest BCUT2D eigenvalue weighted by Crippen LogP contribution is 2.28. The van der Waals surface area contributed by atoms with E-state index in [4.69, 9.17) is 4.74 Å². The van der Waals surface area contributed by atoms with E-state index in [-0.39, 0.29) is 5.91 Å². The van der Waals surface area contributed by atoms with E-state index in [0.29, 0.717) is 6.54 Å². The summed E-state index contributed by atoms with van der Waals surface area (Å²) in [6.07, 6.45) is 0. The normalized spacial score (nSPS) is 14.5. The minimum Gasteiger partial charge on any atom is -0.379 e. The summed E-state index contributed by atoms with van der Waals surface area (Å²) < 4.78 is 5.45. The number of benzene rings is 2. The van der Waals surface area contributed by atoms with Gasteiger partial charge in [0.1, 0.15) is 0 Å². The van der Waals surface area contributed by atoms with Gasteiger partial charge in [0.25, 0.3) is 5.91 Å². The fourth-order valence-corrected chi connectivity index (χ4v) is 5.30. The van der Waals surface area contributed by atoms with Gasteiger partial charge in [0.15, 0.2) is 0 Å². The molecule has 3 aromatic rings. The van der Waals surface area contributed by atoms with Crippen LogP contribution in [0.15, 0.2) is 70.9 Å². The maximum Gasteiger partial charge on any atom is 0.252 e. The highest BCUT2D eigenvalue weighted by molar-refractivity contribution is 7.98. The first kappa shape index (κ1) is 21.1. The smallest absolute Gasteiger partial charge is 0.252 e. The lowest BCUT2D eigenvalue weighted by atomic mass is 10.1. The van der Waals surface area contributed by atoms with Crippen molar-refractivity contribution in [3.63, 3.8) is 0 Å². The first-order valence-corrected chi connectivity index (χ1v) is 12.1. The van der Waals surface area contributed by atoms with E-state index in [1.807, 2.05) is 30.3 Å². The molecule has 2 aromatic carbocycles. The molecule has 1 aliphatic rings. The van der Waals surface area contributed by atoms with Gasteiger partial charge in [-0.25, -0.2) is 0 Å². The summed E-state index contributed by atoms with van der Waals surface area (Å²) in [5.74, 6) is 0.857. The molecule has 1 aliphatic heterocycles. The van der Waals surface area contributed by atoms with Gasteiger partial charge in [-0.3, -0.25) is 9.69 Å². The molecule has 1 N–H and O–H groups in total. The third-order valence-electron chi connectivity index (χ3n) is 5.14. The van der Waals surface area contributed by atoms with Crippen LogP contribution in [-0.2, 0) is 23.6 Å². The maximum absolute atomic E-state index is 13.0. The van der Waals surface area contributed by atoms with Crippen molar-refractivity contribution in [2.24, 2.45) is 0 Å². The van der Waals surface area contributed by atoms with Gasteiger partial charge < -0.3 is 10.1 Å². The van der Waals surface area contributed by atoms with Gasteiger partial charge in [0.05, 0.1) is 18.8 Å². The van der Waals surface area contributed by atoms with Crippen molar-refractivity contribution in [1.29, 1.82) is 0 Å². The van der Waals surface area contributed by atoms with Gasteiger partial charge in [-0.2, -0.15) is 0 Å². The largest absolute Gasteiger partial charge is 0.379 e. The average molecular weight is 439 g/mol. The Balaban J connectivity index is 1.39. The second-order valence-corrected chi connectivity index (χ2v) is 9.25. The predicted molar refractivity (Wildman–Crippen MR) is 124 cm³/mol. The Bertz CT molecular complexity index is 953. The highest BCUT2D eigenvalue weighted by Gasteiger charge is 2.15. The van der Waals surface area contributed by atoms with Gasteiger partial charge in [-0.1, -0.05) is 42.5 Å². The Morgan fingerprint density at radius 2 is 1.77 bits per heavy atom. The standard InChI is InChI=1S/C24H26N2O2S2/c27-24(22-9-3-4-10-23(22)30-18-21-8-5-15-29-21)25-16-19-6-1-2-7-20(19)17-26-11-13-28-14-12-26/h1-10,15H,11-14,16-18H2,(H,25,27). The Kier molecular flexibility index (Phi) is 7.59. The van der Waals surface area contributed by atoms with E-state index in [1.165, 1.54) is 16.0 Å². The molecule has 156 valence electrons. The summed E-state index contributed by atoms with van der Waals surface area (Å²) in [5.41, 5.74) is 3.17. The number of hydrogen-bond donors (Lipinski definition) is 1. The number of morpholine rings is 1. The van der Waals surface area contributed by atoms with Crippen molar-refractivity contribution in [1.82, 2.24) is 10.2 Å². The van der Waals surface area contributed by atoms with Crippen LogP contribution in [0, 0.1) is 0 Å². The summed E-state index contributed by atoms with van der Waals surface area (Å²) in [4.78, 5) is 17.7. The molecule has 1 aromatic heterocycles. The average Bonchev–Trinajstić information content (AvgIpc) is 3.31. The zero-order valence-corrected chi connectivity index (χ0v) is 18.5. The topological polar surface area (TPSA) is 41.6 Å². The molecule has 0 bridgehead atoms. The molecule has 1 saturated heterocycles. The van der Waals surface area contributed by atoms with Gasteiger partial charge in [0.2, 0.25) is 0 Å². The molecule has 4 rings (SSSR count). The van der Waals surface area contributed by atoms with Crippen molar-refractivity contribution < 1.29 is 9.53 Å². The zero-order chi connectivity index (χ0) is 20.6. The minimum absolute atomic E-state index is 0.0227. The van der Waals surface area contributed by atoms with Gasteiger partial charge in [0, 0.05) is 41.7 Å². The SMILES string of the molecule is O=C(NCc1ccccc1CN1CCOCC1)c1ccccc1SCc1cccs1. The first-order valence-electron chi connectivity index (χ1n) is 10.2. The number of rotatable bonds is 8. The first-order chi connectivity index (χ1) is 14.8. The number of carbonyl (C=O) groups excluding carboxylic acids is 1. The van der Waals surface area contributed by atoms with E-state index in [9.17, 15) is 4.79 Å². The molecular weight excluding hydrogens is 412 g/mol. The highest BCUT2D eigenvalue weighted by atomic mass is 32.2. The number of thiophene rings is 1. The Hall–Kier alpha value is -2.12. The summed E-state index contributed by atoms with van der Waals surface area (Å²) in [6.45, 7) is 4.91. The van der Waals surface area contributed by atoms with E-state index in [0.717, 1.165) is 49.1 Å². The molecular formula is C24H26N2O2S2. The molecule has 0 saturated carbocycles. The lowest BCUT2D eigenvalue weighted by molar-refractivity contribution is 0.0340. The van der Waals surface area contributed by atoms with Crippen molar-refractivity contribution in [3.05, 3.63) is 87.6 Å². The maximum atomic E-state index is 13.0. The molecule has 2 heterocycles. The van der Waals surface area contributed by atoms with Crippen LogP contribution in [0.5, 0.6) is 0 Å². The second-order valence-electron chi connectivity index (χ2n) is 7.20. The van der Waals surface area contributed by atoms with Gasteiger partial charge in [-0.15, -0.1) is 23.1 Å². The third-order valence-corrected chi connectivity index (χ3v) is 7.32. The lowest BCUT2D eigenvalue weighted by Gasteiger charge is -2.27. The number of carbonyl (C=O) groups is 1. The van der Waals surface area contributed by atoms with Crippen LogP contribution >= 0.6 is 23.1 Å². The van der Waals surface area contributed by atoms with Crippen LogP contribution < -0.4 is 5.32 Å². The van der Waals surface area contributed by atoms with Crippen LogP contribution in [0.1, 0.15) is 26.4 Å². The predicted octanol–water partition coefficient (Wildman–Crippen LogP) is 4.80. The summed E-state index contributed by atoms with van der Waals surface area (Å²) in [5, 5.41) is 5.22. The number of nitrogens with zero attached hydrogens (tertiary/aromatic N) is 1. The number of nitrogens with one attached hydrogen (secondary N) is 1. The third kappa shape index (κ3) is 5.73. The van der Waals surface area contributed by atoms with E-state index in [2.05, 4.69) is 45.9 Å². The Morgan fingerprint density at radius 3 is 2.57 bits per heavy atom. The number of amides is 1. The van der Waals surface area contributed by atoms with Crippen LogP contribution in [0.25, 0.3) is 0 Å². The fourth-order valence-electron chi connectivity index (χ4n) is 3.48. The van der Waals surface area contributed by atoms with Crippen molar-refractivity contribution in [2.45, 2.75) is 23.7 Å². The molecule has 1 amide bonds. The molecule has 30 heavy (non-hydrogen) atoms. The van der Waals surface area contributed by atoms with E-state index < -0.39 is 0 Å². The molecule has 1 fully saturated rings. The van der Waals surface area contributed by atoms with E-state index >= 15 is 0 Å². The van der Waals surface area contributed by atoms with Crippen LogP contribution in [0.2, 0.25) is 0 Å². The van der Waals surface area contributed by atoms with Crippen molar-refractivity contribution in [3.8, 4) is 0 Å². The van der Waals surface area contributed by atoms with Crippen LogP contribution in [0.4, 0.5) is 0 Å². The summed E-state index contributed by atoms with van der Waals surface area (Å²) >= 11 is 3.46. The number of ether oxygens (including phenoxy) is 1. The molecule has 6 heteroatoms. The number of hydrogen-bond acceptors (Lipinski definition) is 5. The summed E-state index contributed by atoms with van der Waals surface area (Å²) in [6, 6.07) is 20.4. The number of thioether (sulfide) groups is 1. The van der Waals surface area contributed by atoms with Gasteiger partial charge >= 0.3 is 0 Å². The second kappa shape index (κ2) is 10.8. The Morgan fingerprint density at radius 1 is 1.00 bits per heavy atom. The van der Waals surface area contributed by atoms with Crippen molar-refractivity contribution in [2.75, 3.05) is 26.3 Å². The monoisotopic (exact) mass is 438 g/mol. The van der Waals surface area contributed by atoms with Crippen LogP contribution in [0.3, 0.4) is 0 Å². The summed E-state index contributed by atoms with van der Waals surface area (Å²) in [7, 11) is 0. The minimum atomic E-state index is -0.0227. The molecule has 0 spiro atoms. The molecule has 4 nitrogen and oxygen atoms in total. The van der Waals surface area contributed by atoms with E-state index in [1.54, 1.807) is 23.1 Å². The lowest BCUT2D eigenvalue weighted by Crippen LogP contribution is -2.36. The quantitative estimate of drug-likeness (QED) is 0.513. The van der Waals surface area contributed by atoms with Crippen LogP contribution in [-0.4, -0.2) is 37.1 Å².